The number of hydrogen-bond donors (Lipinski definition) is 2. The van der Waals surface area contributed by atoms with Gasteiger partial charge in [0.25, 0.3) is 5.91 Å². The Hall–Kier alpha value is -2.97. The molecule has 1 aromatic carbocycles. The molecule has 3 rings (SSSR count). The number of benzene rings is 1. The summed E-state index contributed by atoms with van der Waals surface area (Å²) < 4.78 is 53.3. The summed E-state index contributed by atoms with van der Waals surface area (Å²) in [6, 6.07) is 6.78. The lowest BCUT2D eigenvalue weighted by Crippen LogP contribution is -2.35. The number of halogens is 4. The van der Waals surface area contributed by atoms with Gasteiger partial charge in [-0.1, -0.05) is 6.07 Å². The number of amides is 1. The molecule has 1 aromatic heterocycles. The number of nitrogens with zero attached hydrogens (tertiary/aromatic N) is 1. The lowest BCUT2D eigenvalue weighted by Gasteiger charge is -2.26. The van der Waals surface area contributed by atoms with Gasteiger partial charge in [0.05, 0.1) is 6.04 Å². The van der Waals surface area contributed by atoms with Gasteiger partial charge in [-0.3, -0.25) is 14.6 Å². The van der Waals surface area contributed by atoms with E-state index >= 15 is 0 Å². The molecule has 1 fully saturated rings. The maximum Gasteiger partial charge on any atom is 0.256 e. The SMILES string of the molecule is O=C(NC(Cc1cccc(=O)[nH]1)=NC1CCC(F)(F)CC1)c1ccc(F)c(F)c1. The number of aromatic nitrogens is 1. The third-order valence-corrected chi connectivity index (χ3v) is 4.65. The van der Waals surface area contributed by atoms with Crippen LogP contribution in [0.5, 0.6) is 0 Å². The average Bonchev–Trinajstić information content (AvgIpc) is 2.65. The summed E-state index contributed by atoms with van der Waals surface area (Å²) in [5.74, 6) is -5.54. The van der Waals surface area contributed by atoms with Gasteiger partial charge in [-0.25, -0.2) is 17.6 Å². The van der Waals surface area contributed by atoms with E-state index in [1.165, 1.54) is 12.1 Å². The number of aliphatic imine (C=N–C) groups is 1. The first-order chi connectivity index (χ1) is 13.7. The average molecular weight is 409 g/mol. The van der Waals surface area contributed by atoms with E-state index in [0.717, 1.165) is 18.2 Å². The van der Waals surface area contributed by atoms with Gasteiger partial charge >= 0.3 is 0 Å². The standard InChI is InChI=1S/C20H19F4N3O2/c21-15-5-4-12(10-16(15)22)19(29)27-17(11-14-2-1-3-18(28)26-14)25-13-6-8-20(23,24)9-7-13/h1-5,10,13H,6-9,11H2,(H,26,28)(H,25,27,29). The Bertz CT molecular complexity index is 978. The van der Waals surface area contributed by atoms with Crippen molar-refractivity contribution in [3.05, 3.63) is 69.6 Å². The van der Waals surface area contributed by atoms with Gasteiger partial charge in [0.2, 0.25) is 11.5 Å². The first-order valence-corrected chi connectivity index (χ1v) is 9.11. The van der Waals surface area contributed by atoms with Crippen molar-refractivity contribution in [1.29, 1.82) is 0 Å². The fraction of sp³-hybridized carbons (Fsp3) is 0.350. The Morgan fingerprint density at radius 3 is 2.52 bits per heavy atom. The first-order valence-electron chi connectivity index (χ1n) is 9.11. The van der Waals surface area contributed by atoms with Gasteiger partial charge in [-0.2, -0.15) is 0 Å². The summed E-state index contributed by atoms with van der Waals surface area (Å²) >= 11 is 0. The molecule has 0 aliphatic heterocycles. The number of rotatable bonds is 4. The van der Waals surface area contributed by atoms with E-state index in [4.69, 9.17) is 0 Å². The Balaban J connectivity index is 1.81. The number of pyridine rings is 1. The number of alkyl halides is 2. The normalized spacial score (nSPS) is 17.2. The number of aromatic amines is 1. The van der Waals surface area contributed by atoms with Crippen LogP contribution in [0.4, 0.5) is 17.6 Å². The van der Waals surface area contributed by atoms with E-state index in [1.807, 2.05) is 0 Å². The van der Waals surface area contributed by atoms with E-state index in [-0.39, 0.29) is 49.1 Å². The summed E-state index contributed by atoms with van der Waals surface area (Å²) in [7, 11) is 0. The number of hydrogen-bond acceptors (Lipinski definition) is 3. The van der Waals surface area contributed by atoms with Crippen LogP contribution in [0.2, 0.25) is 0 Å². The van der Waals surface area contributed by atoms with Crippen molar-refractivity contribution in [2.75, 3.05) is 0 Å². The molecule has 1 aliphatic carbocycles. The smallest absolute Gasteiger partial charge is 0.256 e. The zero-order valence-corrected chi connectivity index (χ0v) is 15.4. The van der Waals surface area contributed by atoms with Crippen molar-refractivity contribution in [2.45, 2.75) is 44.1 Å². The van der Waals surface area contributed by atoms with Crippen LogP contribution < -0.4 is 10.9 Å². The molecule has 1 aliphatic rings. The quantitative estimate of drug-likeness (QED) is 0.460. The summed E-state index contributed by atoms with van der Waals surface area (Å²) in [5, 5.41) is 2.53. The Kier molecular flexibility index (Phi) is 6.14. The van der Waals surface area contributed by atoms with E-state index in [1.54, 1.807) is 6.07 Å². The second-order valence-corrected chi connectivity index (χ2v) is 6.96. The molecule has 5 nitrogen and oxygen atoms in total. The predicted molar refractivity (Wildman–Crippen MR) is 99.2 cm³/mol. The minimum Gasteiger partial charge on any atom is -0.326 e. The van der Waals surface area contributed by atoms with Crippen LogP contribution in [-0.4, -0.2) is 28.7 Å². The Labute approximate surface area is 163 Å². The molecule has 1 amide bonds. The Morgan fingerprint density at radius 1 is 1.14 bits per heavy atom. The third-order valence-electron chi connectivity index (χ3n) is 4.65. The fourth-order valence-corrected chi connectivity index (χ4v) is 3.11. The maximum absolute atomic E-state index is 13.4. The molecule has 0 bridgehead atoms. The van der Waals surface area contributed by atoms with Gasteiger partial charge in [0.1, 0.15) is 5.84 Å². The molecular formula is C20H19F4N3O2. The number of carbonyl (C=O) groups is 1. The monoisotopic (exact) mass is 409 g/mol. The minimum absolute atomic E-state index is 0.0401. The second kappa shape index (κ2) is 8.59. The number of amidine groups is 1. The predicted octanol–water partition coefficient (Wildman–Crippen LogP) is 3.60. The van der Waals surface area contributed by atoms with Crippen molar-refractivity contribution in [2.24, 2.45) is 4.99 Å². The highest BCUT2D eigenvalue weighted by atomic mass is 19.3. The third kappa shape index (κ3) is 5.75. The van der Waals surface area contributed by atoms with Gasteiger partial charge in [-0.15, -0.1) is 0 Å². The van der Waals surface area contributed by atoms with E-state index in [2.05, 4.69) is 15.3 Å². The number of carbonyl (C=O) groups excluding carboxylic acids is 1. The van der Waals surface area contributed by atoms with Gasteiger partial charge in [0, 0.05) is 36.6 Å². The highest BCUT2D eigenvalue weighted by molar-refractivity contribution is 6.06. The molecule has 1 heterocycles. The lowest BCUT2D eigenvalue weighted by molar-refractivity contribution is -0.0373. The van der Waals surface area contributed by atoms with Crippen LogP contribution in [0, 0.1) is 11.6 Å². The molecule has 2 aromatic rings. The molecule has 0 atom stereocenters. The summed E-state index contributed by atoms with van der Waals surface area (Å²) in [4.78, 5) is 30.9. The largest absolute Gasteiger partial charge is 0.326 e. The van der Waals surface area contributed by atoms with Crippen LogP contribution in [0.15, 0.2) is 46.2 Å². The van der Waals surface area contributed by atoms with E-state index in [0.29, 0.717) is 5.69 Å². The first kappa shape index (κ1) is 20.8. The molecule has 0 unspecified atom stereocenters. The van der Waals surface area contributed by atoms with Crippen molar-refractivity contribution >= 4 is 11.7 Å². The highest BCUT2D eigenvalue weighted by Gasteiger charge is 2.35. The second-order valence-electron chi connectivity index (χ2n) is 6.96. The number of nitrogens with one attached hydrogen (secondary N) is 2. The molecule has 0 radical (unpaired) electrons. The van der Waals surface area contributed by atoms with Crippen LogP contribution in [0.3, 0.4) is 0 Å². The van der Waals surface area contributed by atoms with E-state index < -0.39 is 29.5 Å². The summed E-state index contributed by atoms with van der Waals surface area (Å²) in [5.41, 5.74) is 0.00222. The molecule has 0 saturated heterocycles. The minimum atomic E-state index is -2.72. The van der Waals surface area contributed by atoms with Crippen molar-refractivity contribution in [1.82, 2.24) is 10.3 Å². The van der Waals surface area contributed by atoms with Crippen LogP contribution in [0.25, 0.3) is 0 Å². The van der Waals surface area contributed by atoms with Crippen molar-refractivity contribution < 1.29 is 22.4 Å². The fourth-order valence-electron chi connectivity index (χ4n) is 3.11. The Morgan fingerprint density at radius 2 is 1.86 bits per heavy atom. The molecule has 2 N–H and O–H groups in total. The van der Waals surface area contributed by atoms with Crippen LogP contribution in [0.1, 0.15) is 41.7 Å². The summed E-state index contributed by atoms with van der Waals surface area (Å²) in [6.45, 7) is 0. The summed E-state index contributed by atoms with van der Waals surface area (Å²) in [6.07, 6.45) is -0.244. The lowest BCUT2D eigenvalue weighted by atomic mass is 9.92. The molecule has 9 heteroatoms. The molecule has 0 spiro atoms. The zero-order chi connectivity index (χ0) is 21.0. The van der Waals surface area contributed by atoms with Crippen LogP contribution >= 0.6 is 0 Å². The molecule has 29 heavy (non-hydrogen) atoms. The van der Waals surface area contributed by atoms with Gasteiger partial charge < -0.3 is 10.3 Å². The zero-order valence-electron chi connectivity index (χ0n) is 15.4. The van der Waals surface area contributed by atoms with Crippen molar-refractivity contribution in [3.63, 3.8) is 0 Å². The molecular weight excluding hydrogens is 390 g/mol. The van der Waals surface area contributed by atoms with Gasteiger partial charge in [-0.05, 0) is 37.1 Å². The number of H-pyrrole nitrogens is 1. The topological polar surface area (TPSA) is 74.3 Å². The molecule has 1 saturated carbocycles. The highest BCUT2D eigenvalue weighted by Crippen LogP contribution is 2.34. The molecule has 154 valence electrons. The van der Waals surface area contributed by atoms with Gasteiger partial charge in [0.15, 0.2) is 11.6 Å². The van der Waals surface area contributed by atoms with Crippen LogP contribution in [-0.2, 0) is 6.42 Å². The maximum atomic E-state index is 13.4. The van der Waals surface area contributed by atoms with E-state index in [9.17, 15) is 27.2 Å². The van der Waals surface area contributed by atoms with Crippen molar-refractivity contribution in [3.8, 4) is 0 Å².